The fourth-order valence-corrected chi connectivity index (χ4v) is 3.73. The first kappa shape index (κ1) is 19.9. The minimum absolute atomic E-state index is 0.118. The van der Waals surface area contributed by atoms with Crippen LogP contribution in [-0.2, 0) is 12.8 Å². The van der Waals surface area contributed by atoms with E-state index in [9.17, 15) is 4.39 Å². The molecule has 0 spiro atoms. The van der Waals surface area contributed by atoms with Crippen LogP contribution in [-0.4, -0.2) is 0 Å². The number of fused-ring (bicyclic) bond motifs is 1. The number of benzene rings is 4. The molecule has 0 atom stereocenters. The van der Waals surface area contributed by atoms with Crippen LogP contribution in [0.4, 0.5) is 4.39 Å². The van der Waals surface area contributed by atoms with E-state index in [4.69, 9.17) is 0 Å². The Morgan fingerprint density at radius 2 is 1.33 bits per heavy atom. The molecule has 0 radical (unpaired) electrons. The van der Waals surface area contributed by atoms with Gasteiger partial charge in [0.25, 0.3) is 0 Å². The monoisotopic (exact) mass is 392 g/mol. The quantitative estimate of drug-likeness (QED) is 0.314. The number of hydrogen-bond acceptors (Lipinski definition) is 0. The molecule has 0 amide bonds. The number of rotatable bonds is 4. The van der Waals surface area contributed by atoms with E-state index in [1.165, 1.54) is 23.1 Å². The van der Waals surface area contributed by atoms with Gasteiger partial charge < -0.3 is 0 Å². The third-order valence-corrected chi connectivity index (χ3v) is 5.48. The van der Waals surface area contributed by atoms with Crippen LogP contribution in [0.25, 0.3) is 21.9 Å². The van der Waals surface area contributed by atoms with E-state index in [2.05, 4.69) is 67.3 Å². The van der Waals surface area contributed by atoms with E-state index in [0.29, 0.717) is 11.8 Å². The Morgan fingerprint density at radius 1 is 0.700 bits per heavy atom. The summed E-state index contributed by atoms with van der Waals surface area (Å²) in [6.07, 6.45) is 2.98. The minimum Gasteiger partial charge on any atom is -0.206 e. The second kappa shape index (κ2) is 8.97. The van der Waals surface area contributed by atoms with Gasteiger partial charge in [-0.1, -0.05) is 86.7 Å². The average molecular weight is 393 g/mol. The van der Waals surface area contributed by atoms with Crippen molar-refractivity contribution >= 4 is 10.8 Å². The van der Waals surface area contributed by atoms with E-state index >= 15 is 0 Å². The highest BCUT2D eigenvalue weighted by Gasteiger charge is 2.06. The third kappa shape index (κ3) is 4.29. The van der Waals surface area contributed by atoms with E-state index < -0.39 is 0 Å². The van der Waals surface area contributed by atoms with Crippen molar-refractivity contribution in [3.63, 3.8) is 0 Å². The molecule has 0 nitrogen and oxygen atoms in total. The molecule has 30 heavy (non-hydrogen) atoms. The fraction of sp³-hybridized carbons (Fsp3) is 0.172. The molecule has 4 aromatic carbocycles. The summed E-state index contributed by atoms with van der Waals surface area (Å²) < 4.78 is 14.5. The summed E-state index contributed by atoms with van der Waals surface area (Å²) in [4.78, 5) is 0. The maximum atomic E-state index is 14.5. The second-order valence-corrected chi connectivity index (χ2v) is 7.60. The van der Waals surface area contributed by atoms with Crippen molar-refractivity contribution < 1.29 is 4.39 Å². The van der Waals surface area contributed by atoms with Crippen LogP contribution < -0.4 is 0 Å². The third-order valence-electron chi connectivity index (χ3n) is 5.48. The molecular weight excluding hydrogens is 367 g/mol. The summed E-state index contributed by atoms with van der Waals surface area (Å²) in [6, 6.07) is 26.6. The van der Waals surface area contributed by atoms with Crippen molar-refractivity contribution in [1.29, 1.82) is 0 Å². The molecule has 4 aromatic rings. The largest absolute Gasteiger partial charge is 0.206 e. The lowest BCUT2D eigenvalue weighted by Gasteiger charge is -2.05. The van der Waals surface area contributed by atoms with Crippen molar-refractivity contribution in [1.82, 2.24) is 0 Å². The lowest BCUT2D eigenvalue weighted by Crippen LogP contribution is -1.89. The molecule has 0 aromatic heterocycles. The highest BCUT2D eigenvalue weighted by Crippen LogP contribution is 2.23. The Labute approximate surface area is 178 Å². The van der Waals surface area contributed by atoms with Crippen molar-refractivity contribution in [2.24, 2.45) is 0 Å². The second-order valence-electron chi connectivity index (χ2n) is 7.60. The van der Waals surface area contributed by atoms with Gasteiger partial charge in [0.05, 0.1) is 0 Å². The van der Waals surface area contributed by atoms with Crippen LogP contribution >= 0.6 is 0 Å². The highest BCUT2D eigenvalue weighted by atomic mass is 19.1. The van der Waals surface area contributed by atoms with Gasteiger partial charge in [-0.3, -0.25) is 0 Å². The highest BCUT2D eigenvalue weighted by molar-refractivity contribution is 5.85. The van der Waals surface area contributed by atoms with E-state index in [1.807, 2.05) is 37.3 Å². The van der Waals surface area contributed by atoms with Gasteiger partial charge in [-0.2, -0.15) is 0 Å². The zero-order valence-electron chi connectivity index (χ0n) is 17.5. The molecule has 0 saturated carbocycles. The van der Waals surface area contributed by atoms with E-state index in [0.717, 1.165) is 28.5 Å². The molecule has 0 fully saturated rings. The van der Waals surface area contributed by atoms with Crippen LogP contribution in [0.15, 0.2) is 78.9 Å². The Morgan fingerprint density at radius 3 is 2.00 bits per heavy atom. The molecule has 0 saturated heterocycles. The van der Waals surface area contributed by atoms with Gasteiger partial charge >= 0.3 is 0 Å². The van der Waals surface area contributed by atoms with E-state index in [1.54, 1.807) is 0 Å². The minimum atomic E-state index is -0.118. The van der Waals surface area contributed by atoms with Gasteiger partial charge in [0.1, 0.15) is 5.82 Å². The van der Waals surface area contributed by atoms with Gasteiger partial charge in [0.2, 0.25) is 0 Å². The summed E-state index contributed by atoms with van der Waals surface area (Å²) >= 11 is 0. The predicted molar refractivity (Wildman–Crippen MR) is 125 cm³/mol. The summed E-state index contributed by atoms with van der Waals surface area (Å²) in [7, 11) is 0. The molecule has 0 heterocycles. The normalized spacial score (nSPS) is 10.6. The molecule has 148 valence electrons. The topological polar surface area (TPSA) is 0 Å². The lowest BCUT2D eigenvalue weighted by atomic mass is 10.0. The van der Waals surface area contributed by atoms with Crippen molar-refractivity contribution in [3.8, 4) is 23.0 Å². The number of aryl methyl sites for hydroxylation is 2. The first-order valence-corrected chi connectivity index (χ1v) is 10.6. The summed E-state index contributed by atoms with van der Waals surface area (Å²) in [5, 5.41) is 1.55. The molecule has 0 bridgehead atoms. The van der Waals surface area contributed by atoms with Crippen LogP contribution in [0.5, 0.6) is 0 Å². The molecule has 0 unspecified atom stereocenters. The van der Waals surface area contributed by atoms with E-state index in [-0.39, 0.29) is 5.82 Å². The lowest BCUT2D eigenvalue weighted by molar-refractivity contribution is 0.624. The Bertz CT molecular complexity index is 1220. The Balaban J connectivity index is 1.54. The van der Waals surface area contributed by atoms with Gasteiger partial charge in [-0.05, 0) is 64.7 Å². The first-order valence-electron chi connectivity index (χ1n) is 10.6. The molecule has 1 heteroatoms. The SMILES string of the molecule is CCCc1ccc(-c2ccc(C#Cc3ccc4c(F)c(CC)ccc4c3)cc2)cc1. The van der Waals surface area contributed by atoms with Crippen LogP contribution in [0.2, 0.25) is 0 Å². The van der Waals surface area contributed by atoms with Crippen LogP contribution in [0.1, 0.15) is 42.5 Å². The first-order chi connectivity index (χ1) is 14.7. The summed E-state index contributed by atoms with van der Waals surface area (Å²) in [5.74, 6) is 6.32. The van der Waals surface area contributed by atoms with Crippen molar-refractivity contribution in [2.45, 2.75) is 33.1 Å². The zero-order chi connectivity index (χ0) is 20.9. The maximum absolute atomic E-state index is 14.5. The summed E-state index contributed by atoms with van der Waals surface area (Å²) in [5.41, 5.74) is 6.40. The van der Waals surface area contributed by atoms with Gasteiger partial charge in [-0.15, -0.1) is 0 Å². The molecule has 0 N–H and O–H groups in total. The zero-order valence-corrected chi connectivity index (χ0v) is 17.5. The molecule has 4 rings (SSSR count). The van der Waals surface area contributed by atoms with Crippen molar-refractivity contribution in [2.75, 3.05) is 0 Å². The van der Waals surface area contributed by atoms with Crippen molar-refractivity contribution in [3.05, 3.63) is 107 Å². The Kier molecular flexibility index (Phi) is 5.96. The van der Waals surface area contributed by atoms with Gasteiger partial charge in [0.15, 0.2) is 0 Å². The smallest absolute Gasteiger partial charge is 0.134 e. The predicted octanol–water partition coefficient (Wildman–Crippen LogP) is 7.56. The number of hydrogen-bond donors (Lipinski definition) is 0. The van der Waals surface area contributed by atoms with Crippen LogP contribution in [0, 0.1) is 17.7 Å². The van der Waals surface area contributed by atoms with Crippen LogP contribution in [0.3, 0.4) is 0 Å². The average Bonchev–Trinajstić information content (AvgIpc) is 2.79. The molecular formula is C29H25F. The molecule has 0 aliphatic heterocycles. The Hall–Kier alpha value is -3.37. The molecule has 0 aliphatic rings. The standard InChI is InChI=1S/C29H25F/c1-3-5-21-8-13-25(14-9-21)26-15-10-22(11-16-26)6-7-23-12-19-28-27(20-23)18-17-24(4-2)29(28)30/h8-20H,3-5H2,1-2H3. The maximum Gasteiger partial charge on any atom is 0.134 e. The fourth-order valence-electron chi connectivity index (χ4n) is 3.73. The van der Waals surface area contributed by atoms with Gasteiger partial charge in [-0.25, -0.2) is 4.39 Å². The number of halogens is 1. The van der Waals surface area contributed by atoms with Gasteiger partial charge in [0, 0.05) is 16.5 Å². The summed E-state index contributed by atoms with van der Waals surface area (Å²) in [6.45, 7) is 4.17. The molecule has 0 aliphatic carbocycles.